The van der Waals surface area contributed by atoms with Gasteiger partial charge in [-0.3, -0.25) is 4.90 Å². The number of rotatable bonds is 7. The Bertz CT molecular complexity index is 431. The van der Waals surface area contributed by atoms with E-state index in [-0.39, 0.29) is 0 Å². The molecule has 1 heterocycles. The van der Waals surface area contributed by atoms with E-state index in [0.717, 1.165) is 44.2 Å². The lowest BCUT2D eigenvalue weighted by molar-refractivity contribution is -0.0219. The van der Waals surface area contributed by atoms with Crippen molar-refractivity contribution in [1.82, 2.24) is 10.2 Å². The maximum atomic E-state index is 10.5. The molecule has 0 bridgehead atoms. The zero-order valence-corrected chi connectivity index (χ0v) is 13.0. The fourth-order valence-electron chi connectivity index (χ4n) is 2.56. The van der Waals surface area contributed by atoms with E-state index in [2.05, 4.69) is 10.2 Å². The van der Waals surface area contributed by atoms with Crippen LogP contribution < -0.4 is 10.1 Å². The third kappa shape index (κ3) is 5.63. The minimum atomic E-state index is -0.740. The van der Waals surface area contributed by atoms with Crippen LogP contribution in [0.3, 0.4) is 0 Å². The molecule has 0 aromatic heterocycles. The lowest BCUT2D eigenvalue weighted by Crippen LogP contribution is -2.50. The average Bonchev–Trinajstić information content (AvgIpc) is 2.48. The maximum absolute atomic E-state index is 10.5. The summed E-state index contributed by atoms with van der Waals surface area (Å²) in [5.41, 5.74) is 0.410. The molecule has 118 valence electrons. The van der Waals surface area contributed by atoms with Crippen LogP contribution in [0, 0.1) is 0 Å². The molecule has 1 aromatic rings. The molecule has 5 nitrogen and oxygen atoms in total. The van der Waals surface area contributed by atoms with Gasteiger partial charge in [0.25, 0.3) is 0 Å². The summed E-state index contributed by atoms with van der Waals surface area (Å²) in [6.45, 7) is 7.12. The third-order valence-electron chi connectivity index (χ3n) is 3.64. The van der Waals surface area contributed by atoms with Crippen molar-refractivity contribution in [3.05, 3.63) is 29.8 Å². The van der Waals surface area contributed by atoms with E-state index in [1.54, 1.807) is 7.11 Å². The van der Waals surface area contributed by atoms with Crippen molar-refractivity contribution in [2.45, 2.75) is 19.1 Å². The lowest BCUT2D eigenvalue weighted by Gasteiger charge is -2.34. The number of benzene rings is 1. The minimum Gasteiger partial charge on any atom is -0.497 e. The van der Waals surface area contributed by atoms with Gasteiger partial charge in [-0.05, 0) is 24.6 Å². The van der Waals surface area contributed by atoms with E-state index < -0.39 is 5.60 Å². The number of hydrogen-bond donors (Lipinski definition) is 2. The Morgan fingerprint density at radius 3 is 2.86 bits per heavy atom. The van der Waals surface area contributed by atoms with E-state index >= 15 is 0 Å². The molecule has 1 saturated heterocycles. The zero-order chi connectivity index (χ0) is 15.1. The molecule has 21 heavy (non-hydrogen) atoms. The van der Waals surface area contributed by atoms with E-state index in [4.69, 9.17) is 9.47 Å². The number of β-amino-alcohol motifs (C(OH)–C–C–N with tert-alkyl or cyclic N) is 1. The van der Waals surface area contributed by atoms with Crippen LogP contribution in [0.5, 0.6) is 5.75 Å². The fraction of sp³-hybridized carbons (Fsp3) is 0.625. The number of nitrogens with zero attached hydrogens (tertiary/aromatic N) is 1. The summed E-state index contributed by atoms with van der Waals surface area (Å²) in [5.74, 6) is 0.856. The monoisotopic (exact) mass is 294 g/mol. The molecule has 1 aromatic carbocycles. The second-order valence-corrected chi connectivity index (χ2v) is 5.84. The Hall–Kier alpha value is -1.14. The number of methoxy groups -OCH3 is 1. The van der Waals surface area contributed by atoms with E-state index in [1.165, 1.54) is 0 Å². The Labute approximate surface area is 126 Å². The Morgan fingerprint density at radius 2 is 2.14 bits per heavy atom. The van der Waals surface area contributed by atoms with Crippen molar-refractivity contribution >= 4 is 0 Å². The number of nitrogens with one attached hydrogen (secondary N) is 1. The summed E-state index contributed by atoms with van der Waals surface area (Å²) in [7, 11) is 1.67. The van der Waals surface area contributed by atoms with Gasteiger partial charge < -0.3 is 19.9 Å². The molecule has 1 aliphatic rings. The molecule has 2 N–H and O–H groups in total. The molecule has 5 heteroatoms. The van der Waals surface area contributed by atoms with Crippen molar-refractivity contribution in [2.75, 3.05) is 46.5 Å². The standard InChI is InChI=1S/C16H26N2O3/c1-16(19,13-18-6-8-21-9-7-18)12-17-11-14-4-3-5-15(10-14)20-2/h3-5,10,17,19H,6-9,11-13H2,1-2H3. The second kappa shape index (κ2) is 7.75. The van der Waals surface area contributed by atoms with Gasteiger partial charge in [-0.2, -0.15) is 0 Å². The van der Waals surface area contributed by atoms with Crippen LogP contribution in [0.15, 0.2) is 24.3 Å². The molecule has 1 atom stereocenters. The lowest BCUT2D eigenvalue weighted by atomic mass is 10.1. The van der Waals surface area contributed by atoms with E-state index in [0.29, 0.717) is 13.1 Å². The summed E-state index contributed by atoms with van der Waals surface area (Å²) in [4.78, 5) is 2.25. The molecule has 2 rings (SSSR count). The van der Waals surface area contributed by atoms with Crippen LogP contribution in [0.1, 0.15) is 12.5 Å². The molecule has 1 fully saturated rings. The van der Waals surface area contributed by atoms with E-state index in [9.17, 15) is 5.11 Å². The fourth-order valence-corrected chi connectivity index (χ4v) is 2.56. The molecule has 0 saturated carbocycles. The van der Waals surface area contributed by atoms with Gasteiger partial charge in [0.05, 0.1) is 25.9 Å². The highest BCUT2D eigenvalue weighted by Gasteiger charge is 2.24. The van der Waals surface area contributed by atoms with Gasteiger partial charge in [-0.1, -0.05) is 12.1 Å². The summed E-state index contributed by atoms with van der Waals surface area (Å²) >= 11 is 0. The van der Waals surface area contributed by atoms with Crippen LogP contribution in [-0.4, -0.2) is 62.1 Å². The minimum absolute atomic E-state index is 0.557. The van der Waals surface area contributed by atoms with Crippen LogP contribution in [0.25, 0.3) is 0 Å². The SMILES string of the molecule is COc1cccc(CNCC(C)(O)CN2CCOCC2)c1. The average molecular weight is 294 g/mol. The predicted molar refractivity (Wildman–Crippen MR) is 82.6 cm³/mol. The second-order valence-electron chi connectivity index (χ2n) is 5.84. The highest BCUT2D eigenvalue weighted by atomic mass is 16.5. The number of hydrogen-bond acceptors (Lipinski definition) is 5. The number of morpholine rings is 1. The van der Waals surface area contributed by atoms with Crippen molar-refractivity contribution in [2.24, 2.45) is 0 Å². The zero-order valence-electron chi connectivity index (χ0n) is 13.0. The molecule has 1 aliphatic heterocycles. The Kier molecular flexibility index (Phi) is 5.99. The first-order valence-electron chi connectivity index (χ1n) is 7.45. The molecule has 0 radical (unpaired) electrons. The Balaban J connectivity index is 1.75. The predicted octanol–water partition coefficient (Wildman–Crippen LogP) is 0.868. The molecule has 0 amide bonds. The van der Waals surface area contributed by atoms with Crippen molar-refractivity contribution in [3.8, 4) is 5.75 Å². The van der Waals surface area contributed by atoms with Gasteiger partial charge in [-0.15, -0.1) is 0 Å². The van der Waals surface area contributed by atoms with Crippen LogP contribution in [0.4, 0.5) is 0 Å². The topological polar surface area (TPSA) is 54.0 Å². The van der Waals surface area contributed by atoms with Gasteiger partial charge in [0.15, 0.2) is 0 Å². The molecular weight excluding hydrogens is 268 g/mol. The van der Waals surface area contributed by atoms with Crippen molar-refractivity contribution < 1.29 is 14.6 Å². The first-order valence-corrected chi connectivity index (χ1v) is 7.45. The third-order valence-corrected chi connectivity index (χ3v) is 3.64. The summed E-state index contributed by atoms with van der Waals surface area (Å²) in [5, 5.41) is 13.8. The van der Waals surface area contributed by atoms with Gasteiger partial charge in [0, 0.05) is 32.7 Å². The summed E-state index contributed by atoms with van der Waals surface area (Å²) in [6.07, 6.45) is 0. The first-order chi connectivity index (χ1) is 10.1. The van der Waals surface area contributed by atoms with E-state index in [1.807, 2.05) is 31.2 Å². The largest absolute Gasteiger partial charge is 0.497 e. The van der Waals surface area contributed by atoms with Crippen molar-refractivity contribution in [3.63, 3.8) is 0 Å². The van der Waals surface area contributed by atoms with Crippen LogP contribution in [-0.2, 0) is 11.3 Å². The normalized spacial score (nSPS) is 19.2. The number of ether oxygens (including phenoxy) is 2. The summed E-state index contributed by atoms with van der Waals surface area (Å²) < 4.78 is 10.5. The molecule has 0 aliphatic carbocycles. The Morgan fingerprint density at radius 1 is 1.38 bits per heavy atom. The summed E-state index contributed by atoms with van der Waals surface area (Å²) in [6, 6.07) is 7.95. The van der Waals surface area contributed by atoms with Crippen molar-refractivity contribution in [1.29, 1.82) is 0 Å². The number of aliphatic hydroxyl groups is 1. The van der Waals surface area contributed by atoms with Gasteiger partial charge in [-0.25, -0.2) is 0 Å². The quantitative estimate of drug-likeness (QED) is 0.781. The molecule has 0 spiro atoms. The van der Waals surface area contributed by atoms with Crippen LogP contribution >= 0.6 is 0 Å². The van der Waals surface area contributed by atoms with Gasteiger partial charge in [0.2, 0.25) is 0 Å². The van der Waals surface area contributed by atoms with Gasteiger partial charge in [0.1, 0.15) is 5.75 Å². The highest BCUT2D eigenvalue weighted by molar-refractivity contribution is 5.28. The smallest absolute Gasteiger partial charge is 0.119 e. The molecule has 1 unspecified atom stereocenters. The molecular formula is C16H26N2O3. The maximum Gasteiger partial charge on any atom is 0.119 e. The highest BCUT2D eigenvalue weighted by Crippen LogP contribution is 2.13. The van der Waals surface area contributed by atoms with Crippen LogP contribution in [0.2, 0.25) is 0 Å². The van der Waals surface area contributed by atoms with Gasteiger partial charge >= 0.3 is 0 Å². The first kappa shape index (κ1) is 16.2.